The van der Waals surface area contributed by atoms with Crippen LogP contribution in [0.5, 0.6) is 0 Å². The van der Waals surface area contributed by atoms with E-state index in [0.29, 0.717) is 21.6 Å². The predicted octanol–water partition coefficient (Wildman–Crippen LogP) is 3.34. The Bertz CT molecular complexity index is 1020. The molecular formula is C19H19N3O3S. The van der Waals surface area contributed by atoms with Crippen molar-refractivity contribution in [1.82, 2.24) is 14.6 Å². The molecule has 134 valence electrons. The van der Waals surface area contributed by atoms with Crippen LogP contribution in [0.3, 0.4) is 0 Å². The van der Waals surface area contributed by atoms with Gasteiger partial charge < -0.3 is 4.74 Å². The number of carbonyl (C=O) groups excluding carboxylic acids is 1. The maximum absolute atomic E-state index is 11.9. The van der Waals surface area contributed by atoms with Crippen molar-refractivity contribution in [2.75, 3.05) is 0 Å². The van der Waals surface area contributed by atoms with Crippen LogP contribution in [-0.2, 0) is 16.1 Å². The molecule has 0 saturated heterocycles. The quantitative estimate of drug-likeness (QED) is 0.509. The number of hydrogen-bond donors (Lipinski definition) is 0. The summed E-state index contributed by atoms with van der Waals surface area (Å²) in [6, 6.07) is 9.43. The predicted molar refractivity (Wildman–Crippen MR) is 101 cm³/mol. The Kier molecular flexibility index (Phi) is 5.27. The third-order valence-electron chi connectivity index (χ3n) is 3.77. The molecule has 2 heterocycles. The molecule has 6 nitrogen and oxygen atoms in total. The van der Waals surface area contributed by atoms with E-state index < -0.39 is 5.97 Å². The summed E-state index contributed by atoms with van der Waals surface area (Å²) >= 11 is 1.23. The molecule has 0 aliphatic carbocycles. The first-order chi connectivity index (χ1) is 12.4. The third-order valence-corrected chi connectivity index (χ3v) is 4.65. The van der Waals surface area contributed by atoms with Crippen molar-refractivity contribution in [2.24, 2.45) is 0 Å². The second kappa shape index (κ2) is 7.61. The fraction of sp³-hybridized carbons (Fsp3) is 0.263. The van der Waals surface area contributed by atoms with Crippen molar-refractivity contribution in [3.8, 4) is 0 Å². The number of nitrogens with zero attached hydrogens (tertiary/aromatic N) is 3. The van der Waals surface area contributed by atoms with E-state index in [1.165, 1.54) is 33.6 Å². The standard InChI is InChI=1S/C19H19N3O3S/c1-12(2)15-7-4-14(5-8-15)6-9-18(24)25-11-16-21-22-17(23)10-13(3)20-19(22)26-16/h4-10,12H,11H2,1-3H3/b9-6+. The Morgan fingerprint density at radius 2 is 2.04 bits per heavy atom. The highest BCUT2D eigenvalue weighted by atomic mass is 32.1. The molecule has 0 aliphatic heterocycles. The lowest BCUT2D eigenvalue weighted by Gasteiger charge is -2.04. The summed E-state index contributed by atoms with van der Waals surface area (Å²) in [5, 5.41) is 4.65. The molecule has 0 amide bonds. The number of aryl methyl sites for hydroxylation is 1. The van der Waals surface area contributed by atoms with Crippen molar-refractivity contribution in [2.45, 2.75) is 33.3 Å². The smallest absolute Gasteiger partial charge is 0.331 e. The molecule has 0 atom stereocenters. The van der Waals surface area contributed by atoms with Gasteiger partial charge in [0.15, 0.2) is 5.01 Å². The summed E-state index contributed by atoms with van der Waals surface area (Å²) in [5.74, 6) is 0.00580. The number of benzene rings is 1. The lowest BCUT2D eigenvalue weighted by atomic mass is 10.0. The highest BCUT2D eigenvalue weighted by Gasteiger charge is 2.09. The summed E-state index contributed by atoms with van der Waals surface area (Å²) < 4.78 is 6.41. The van der Waals surface area contributed by atoms with Crippen LogP contribution in [0, 0.1) is 6.92 Å². The first kappa shape index (κ1) is 18.0. The van der Waals surface area contributed by atoms with Crippen molar-refractivity contribution in [3.05, 3.63) is 68.6 Å². The van der Waals surface area contributed by atoms with Gasteiger partial charge in [0.1, 0.15) is 6.61 Å². The second-order valence-corrected chi connectivity index (χ2v) is 7.23. The molecule has 0 saturated carbocycles. The van der Waals surface area contributed by atoms with E-state index in [9.17, 15) is 9.59 Å². The first-order valence-corrected chi connectivity index (χ1v) is 9.05. The largest absolute Gasteiger partial charge is 0.455 e. The van der Waals surface area contributed by atoms with Gasteiger partial charge in [-0.15, -0.1) is 0 Å². The van der Waals surface area contributed by atoms with E-state index in [4.69, 9.17) is 4.74 Å². The molecule has 3 aromatic rings. The Hall–Kier alpha value is -2.80. The van der Waals surface area contributed by atoms with E-state index in [-0.39, 0.29) is 12.2 Å². The zero-order valence-corrected chi connectivity index (χ0v) is 15.6. The molecule has 0 spiro atoms. The third kappa shape index (κ3) is 4.23. The Labute approximate surface area is 154 Å². The van der Waals surface area contributed by atoms with Crippen molar-refractivity contribution >= 4 is 28.3 Å². The number of rotatable bonds is 5. The number of hydrogen-bond acceptors (Lipinski definition) is 6. The summed E-state index contributed by atoms with van der Waals surface area (Å²) in [7, 11) is 0. The maximum Gasteiger partial charge on any atom is 0.331 e. The van der Waals surface area contributed by atoms with Gasteiger partial charge in [0, 0.05) is 17.8 Å². The van der Waals surface area contributed by atoms with Crippen molar-refractivity contribution in [1.29, 1.82) is 0 Å². The minimum atomic E-state index is -0.464. The van der Waals surface area contributed by atoms with Crippen LogP contribution in [0.25, 0.3) is 11.0 Å². The Morgan fingerprint density at radius 3 is 2.73 bits per heavy atom. The fourth-order valence-corrected chi connectivity index (χ4v) is 3.21. The van der Waals surface area contributed by atoms with Crippen LogP contribution in [0.1, 0.15) is 41.6 Å². The first-order valence-electron chi connectivity index (χ1n) is 8.23. The molecule has 0 fully saturated rings. The summed E-state index contributed by atoms with van der Waals surface area (Å²) in [5.41, 5.74) is 2.57. The second-order valence-electron chi connectivity index (χ2n) is 6.19. The molecular weight excluding hydrogens is 350 g/mol. The van der Waals surface area contributed by atoms with E-state index in [2.05, 4.69) is 23.9 Å². The molecule has 3 rings (SSSR count). The molecule has 0 N–H and O–H groups in total. The van der Waals surface area contributed by atoms with Gasteiger partial charge in [-0.05, 0) is 30.0 Å². The summed E-state index contributed by atoms with van der Waals surface area (Å²) in [6.45, 7) is 6.02. The van der Waals surface area contributed by atoms with Crippen LogP contribution >= 0.6 is 11.3 Å². The number of aromatic nitrogens is 3. The van der Waals surface area contributed by atoms with Gasteiger partial charge >= 0.3 is 5.97 Å². The lowest BCUT2D eigenvalue weighted by molar-refractivity contribution is -0.138. The van der Waals surface area contributed by atoms with Crippen LogP contribution in [0.4, 0.5) is 0 Å². The Balaban J connectivity index is 1.62. The fourth-order valence-electron chi connectivity index (χ4n) is 2.36. The van der Waals surface area contributed by atoms with Gasteiger partial charge in [0.05, 0.1) is 0 Å². The number of ether oxygens (including phenoxy) is 1. The minimum absolute atomic E-state index is 0.00196. The van der Waals surface area contributed by atoms with Crippen molar-refractivity contribution < 1.29 is 9.53 Å². The average Bonchev–Trinajstić information content (AvgIpc) is 3.01. The highest BCUT2D eigenvalue weighted by Crippen LogP contribution is 2.16. The van der Waals surface area contributed by atoms with Crippen LogP contribution < -0.4 is 5.56 Å². The van der Waals surface area contributed by atoms with Crippen LogP contribution in [0.15, 0.2) is 41.2 Å². The molecule has 0 bridgehead atoms. The molecule has 2 aromatic heterocycles. The molecule has 26 heavy (non-hydrogen) atoms. The van der Waals surface area contributed by atoms with Gasteiger partial charge in [-0.1, -0.05) is 49.4 Å². The van der Waals surface area contributed by atoms with E-state index in [0.717, 1.165) is 5.56 Å². The van der Waals surface area contributed by atoms with Gasteiger partial charge in [-0.3, -0.25) is 4.79 Å². The number of esters is 1. The SMILES string of the molecule is Cc1cc(=O)n2nc(COC(=O)/C=C/c3ccc(C(C)C)cc3)sc2n1. The van der Waals surface area contributed by atoms with E-state index in [1.807, 2.05) is 24.3 Å². The van der Waals surface area contributed by atoms with Crippen LogP contribution in [0.2, 0.25) is 0 Å². The normalized spacial score (nSPS) is 11.5. The van der Waals surface area contributed by atoms with Crippen molar-refractivity contribution in [3.63, 3.8) is 0 Å². The summed E-state index contributed by atoms with van der Waals surface area (Å²) in [4.78, 5) is 28.4. The zero-order valence-electron chi connectivity index (χ0n) is 14.8. The molecule has 0 unspecified atom stereocenters. The Morgan fingerprint density at radius 1 is 1.31 bits per heavy atom. The minimum Gasteiger partial charge on any atom is -0.455 e. The summed E-state index contributed by atoms with van der Waals surface area (Å²) in [6.07, 6.45) is 3.09. The highest BCUT2D eigenvalue weighted by molar-refractivity contribution is 7.16. The zero-order chi connectivity index (χ0) is 18.7. The van der Waals surface area contributed by atoms with Gasteiger partial charge in [-0.2, -0.15) is 9.61 Å². The molecule has 0 radical (unpaired) electrons. The average molecular weight is 369 g/mol. The molecule has 1 aromatic carbocycles. The van der Waals surface area contributed by atoms with Gasteiger partial charge in [-0.25, -0.2) is 9.78 Å². The van der Waals surface area contributed by atoms with E-state index >= 15 is 0 Å². The van der Waals surface area contributed by atoms with Crippen LogP contribution in [-0.4, -0.2) is 20.6 Å². The van der Waals surface area contributed by atoms with Gasteiger partial charge in [0.2, 0.25) is 4.96 Å². The lowest BCUT2D eigenvalue weighted by Crippen LogP contribution is -2.14. The number of carbonyl (C=O) groups is 1. The number of fused-ring (bicyclic) bond motifs is 1. The maximum atomic E-state index is 11.9. The molecule has 7 heteroatoms. The molecule has 0 aliphatic rings. The monoisotopic (exact) mass is 369 g/mol. The van der Waals surface area contributed by atoms with E-state index in [1.54, 1.807) is 13.0 Å². The topological polar surface area (TPSA) is 73.6 Å². The van der Waals surface area contributed by atoms with Gasteiger partial charge in [0.25, 0.3) is 5.56 Å².